The summed E-state index contributed by atoms with van der Waals surface area (Å²) >= 11 is 0. The van der Waals surface area contributed by atoms with E-state index in [2.05, 4.69) is 6.07 Å². The molecule has 0 bridgehead atoms. The third-order valence-corrected chi connectivity index (χ3v) is 3.35. The van der Waals surface area contributed by atoms with E-state index in [1.54, 1.807) is 6.07 Å². The van der Waals surface area contributed by atoms with Crippen molar-refractivity contribution in [2.24, 2.45) is 0 Å². The van der Waals surface area contributed by atoms with Gasteiger partial charge in [0.1, 0.15) is 18.2 Å². The van der Waals surface area contributed by atoms with Gasteiger partial charge >= 0.3 is 0 Å². The Morgan fingerprint density at radius 3 is 1.90 bits per heavy atom. The average Bonchev–Trinajstić information content (AvgIpc) is 2.50. The molecule has 3 nitrogen and oxygen atoms in total. The molecule has 0 aliphatic heterocycles. The quantitative estimate of drug-likeness (QED) is 0.574. The highest BCUT2D eigenvalue weighted by Gasteiger charge is 2.13. The molecule has 0 saturated carbocycles. The predicted molar refractivity (Wildman–Crippen MR) is 75.6 cm³/mol. The van der Waals surface area contributed by atoms with Gasteiger partial charge in [0.25, 0.3) is 0 Å². The Kier molecular flexibility index (Phi) is 2.58. The summed E-state index contributed by atoms with van der Waals surface area (Å²) in [5.41, 5.74) is 0.664. The highest BCUT2D eigenvalue weighted by Crippen LogP contribution is 2.29. The van der Waals surface area contributed by atoms with E-state index in [-0.39, 0.29) is 16.7 Å². The second-order valence-electron chi connectivity index (χ2n) is 4.43. The molecule has 0 fully saturated rings. The summed E-state index contributed by atoms with van der Waals surface area (Å²) in [7, 11) is 0. The van der Waals surface area contributed by atoms with Crippen LogP contribution in [0.5, 0.6) is 0 Å². The average molecular weight is 253 g/mol. The number of hydrogen-bond donors (Lipinski definition) is 0. The number of hydrogen-bond acceptors (Lipinski definition) is 3. The number of nitriles is 3. The van der Waals surface area contributed by atoms with Crippen LogP contribution in [0, 0.1) is 34.0 Å². The minimum absolute atomic E-state index is 0.151. The zero-order chi connectivity index (χ0) is 14.1. The SMILES string of the molecule is N#Cc1cc2cc3ccccc3cc2c(C#N)c1C#N. The molecular formula is C17H7N3. The molecule has 3 aromatic rings. The maximum atomic E-state index is 9.33. The minimum Gasteiger partial charge on any atom is -0.192 e. The first kappa shape index (κ1) is 11.7. The first-order chi connectivity index (χ1) is 9.78. The third-order valence-electron chi connectivity index (χ3n) is 3.35. The Morgan fingerprint density at radius 1 is 0.650 bits per heavy atom. The number of nitrogens with zero attached hydrogens (tertiary/aromatic N) is 3. The maximum absolute atomic E-state index is 9.33. The summed E-state index contributed by atoms with van der Waals surface area (Å²) in [6.45, 7) is 0. The number of benzene rings is 3. The predicted octanol–water partition coefficient (Wildman–Crippen LogP) is 3.61. The molecule has 0 N–H and O–H groups in total. The van der Waals surface area contributed by atoms with Gasteiger partial charge in [-0.3, -0.25) is 0 Å². The van der Waals surface area contributed by atoms with Gasteiger partial charge in [-0.15, -0.1) is 0 Å². The van der Waals surface area contributed by atoms with Gasteiger partial charge < -0.3 is 0 Å². The van der Waals surface area contributed by atoms with Crippen molar-refractivity contribution in [3.05, 3.63) is 59.2 Å². The van der Waals surface area contributed by atoms with Crippen molar-refractivity contribution in [1.29, 1.82) is 15.8 Å². The molecule has 3 aromatic carbocycles. The van der Waals surface area contributed by atoms with Crippen LogP contribution in [0.15, 0.2) is 42.5 Å². The van der Waals surface area contributed by atoms with Gasteiger partial charge in [0.2, 0.25) is 0 Å². The molecule has 3 heteroatoms. The van der Waals surface area contributed by atoms with Crippen LogP contribution in [-0.4, -0.2) is 0 Å². The fraction of sp³-hybridized carbons (Fsp3) is 0. The van der Waals surface area contributed by atoms with E-state index in [4.69, 9.17) is 5.26 Å². The molecule has 0 saturated heterocycles. The van der Waals surface area contributed by atoms with Crippen LogP contribution in [0.3, 0.4) is 0 Å². The van der Waals surface area contributed by atoms with Crippen LogP contribution in [-0.2, 0) is 0 Å². The highest BCUT2D eigenvalue weighted by atomic mass is 14.3. The molecule has 3 rings (SSSR count). The maximum Gasteiger partial charge on any atom is 0.102 e. The van der Waals surface area contributed by atoms with Crippen LogP contribution >= 0.6 is 0 Å². The summed E-state index contributed by atoms with van der Waals surface area (Å²) in [4.78, 5) is 0. The summed E-state index contributed by atoms with van der Waals surface area (Å²) in [6.07, 6.45) is 0. The normalized spacial score (nSPS) is 9.85. The highest BCUT2D eigenvalue weighted by molar-refractivity contribution is 6.02. The Labute approximate surface area is 115 Å². The summed E-state index contributed by atoms with van der Waals surface area (Å²) in [5.74, 6) is 0. The van der Waals surface area contributed by atoms with Gasteiger partial charge in [-0.1, -0.05) is 24.3 Å². The van der Waals surface area contributed by atoms with Gasteiger partial charge in [-0.2, -0.15) is 15.8 Å². The Balaban J connectivity index is 2.57. The van der Waals surface area contributed by atoms with Gasteiger partial charge in [0.15, 0.2) is 0 Å². The van der Waals surface area contributed by atoms with Crippen LogP contribution < -0.4 is 0 Å². The van der Waals surface area contributed by atoms with Crippen molar-refractivity contribution in [3.8, 4) is 18.2 Å². The van der Waals surface area contributed by atoms with Crippen molar-refractivity contribution in [2.45, 2.75) is 0 Å². The lowest BCUT2D eigenvalue weighted by Gasteiger charge is -2.06. The summed E-state index contributed by atoms with van der Waals surface area (Å²) in [6, 6.07) is 19.3. The fourth-order valence-corrected chi connectivity index (χ4v) is 2.41. The molecule has 0 aliphatic rings. The van der Waals surface area contributed by atoms with Crippen LogP contribution in [0.25, 0.3) is 21.5 Å². The van der Waals surface area contributed by atoms with Gasteiger partial charge in [-0.25, -0.2) is 0 Å². The van der Waals surface area contributed by atoms with Gasteiger partial charge in [-0.05, 0) is 34.4 Å². The lowest BCUT2D eigenvalue weighted by molar-refractivity contribution is 1.42. The Hall–Kier alpha value is -3.35. The van der Waals surface area contributed by atoms with Gasteiger partial charge in [0, 0.05) is 5.39 Å². The monoisotopic (exact) mass is 253 g/mol. The van der Waals surface area contributed by atoms with Crippen molar-refractivity contribution < 1.29 is 0 Å². The first-order valence-electron chi connectivity index (χ1n) is 5.98. The molecule has 0 amide bonds. The van der Waals surface area contributed by atoms with Crippen molar-refractivity contribution in [1.82, 2.24) is 0 Å². The van der Waals surface area contributed by atoms with Crippen LogP contribution in [0.2, 0.25) is 0 Å². The molecule has 90 valence electrons. The first-order valence-corrected chi connectivity index (χ1v) is 5.98. The fourth-order valence-electron chi connectivity index (χ4n) is 2.41. The second kappa shape index (κ2) is 4.39. The lowest BCUT2D eigenvalue weighted by Crippen LogP contribution is -1.92. The van der Waals surface area contributed by atoms with Crippen molar-refractivity contribution in [2.75, 3.05) is 0 Å². The minimum atomic E-state index is 0.151. The molecule has 20 heavy (non-hydrogen) atoms. The smallest absolute Gasteiger partial charge is 0.102 e. The van der Waals surface area contributed by atoms with Crippen molar-refractivity contribution in [3.63, 3.8) is 0 Å². The zero-order valence-corrected chi connectivity index (χ0v) is 10.4. The van der Waals surface area contributed by atoms with E-state index < -0.39 is 0 Å². The molecule has 0 unspecified atom stereocenters. The molecule has 0 radical (unpaired) electrons. The number of rotatable bonds is 0. The van der Waals surface area contributed by atoms with Crippen molar-refractivity contribution >= 4 is 21.5 Å². The second-order valence-corrected chi connectivity index (χ2v) is 4.43. The standard InChI is InChI=1S/C17H7N3/c18-8-14-6-13-5-11-3-1-2-4-12(11)7-15(13)17(10-20)16(14)9-19/h1-7H. The van der Waals surface area contributed by atoms with Crippen LogP contribution in [0.1, 0.15) is 16.7 Å². The summed E-state index contributed by atoms with van der Waals surface area (Å²) < 4.78 is 0. The molecule has 0 heterocycles. The molecule has 0 aliphatic carbocycles. The van der Waals surface area contributed by atoms with E-state index in [1.165, 1.54) is 0 Å². The van der Waals surface area contributed by atoms with E-state index >= 15 is 0 Å². The number of fused-ring (bicyclic) bond motifs is 2. The van der Waals surface area contributed by atoms with Crippen LogP contribution in [0.4, 0.5) is 0 Å². The molecule has 0 spiro atoms. The van der Waals surface area contributed by atoms with E-state index in [0.717, 1.165) is 16.2 Å². The molecule has 0 atom stereocenters. The Morgan fingerprint density at radius 2 is 1.30 bits per heavy atom. The topological polar surface area (TPSA) is 71.4 Å². The largest absolute Gasteiger partial charge is 0.192 e. The van der Waals surface area contributed by atoms with E-state index in [1.807, 2.05) is 48.5 Å². The summed E-state index contributed by atoms with van der Waals surface area (Å²) in [5, 5.41) is 31.2. The zero-order valence-electron chi connectivity index (χ0n) is 10.4. The molecule has 0 aromatic heterocycles. The van der Waals surface area contributed by atoms with Gasteiger partial charge in [0.05, 0.1) is 16.7 Å². The Bertz CT molecular complexity index is 979. The lowest BCUT2D eigenvalue weighted by atomic mass is 9.93. The molecular weight excluding hydrogens is 246 g/mol. The van der Waals surface area contributed by atoms with E-state index in [0.29, 0.717) is 5.39 Å². The van der Waals surface area contributed by atoms with E-state index in [9.17, 15) is 10.5 Å². The third kappa shape index (κ3) is 1.57.